The third-order valence-corrected chi connectivity index (χ3v) is 4.29. The highest BCUT2D eigenvalue weighted by Crippen LogP contribution is 2.30. The quantitative estimate of drug-likeness (QED) is 0.723. The van der Waals surface area contributed by atoms with Gasteiger partial charge in [-0.05, 0) is 55.2 Å². The highest BCUT2D eigenvalue weighted by atomic mass is 16.2. The van der Waals surface area contributed by atoms with E-state index in [2.05, 4.69) is 16.2 Å². The second kappa shape index (κ2) is 7.82. The molecule has 0 saturated heterocycles. The molecule has 3 amide bonds. The van der Waals surface area contributed by atoms with Crippen molar-refractivity contribution < 1.29 is 14.4 Å². The maximum atomic E-state index is 12.1. The molecule has 0 aliphatic heterocycles. The van der Waals surface area contributed by atoms with E-state index in [4.69, 9.17) is 0 Å². The van der Waals surface area contributed by atoms with Gasteiger partial charge in [0, 0.05) is 17.2 Å². The van der Waals surface area contributed by atoms with Crippen molar-refractivity contribution in [2.24, 2.45) is 5.92 Å². The number of carbonyl (C=O) groups excluding carboxylic acids is 3. The zero-order chi connectivity index (χ0) is 18.5. The number of aryl methyl sites for hydroxylation is 1. The molecular formula is C20H21N3O3. The molecule has 1 aliphatic rings. The Morgan fingerprint density at radius 2 is 1.65 bits per heavy atom. The van der Waals surface area contributed by atoms with E-state index in [1.165, 1.54) is 0 Å². The number of hydrogen-bond acceptors (Lipinski definition) is 3. The predicted octanol–water partition coefficient (Wildman–Crippen LogP) is 2.35. The highest BCUT2D eigenvalue weighted by Gasteiger charge is 2.29. The van der Waals surface area contributed by atoms with E-state index in [9.17, 15) is 14.4 Å². The highest BCUT2D eigenvalue weighted by molar-refractivity contribution is 5.97. The van der Waals surface area contributed by atoms with Gasteiger partial charge in [0.25, 0.3) is 5.91 Å². The van der Waals surface area contributed by atoms with Gasteiger partial charge in [0.1, 0.15) is 0 Å². The van der Waals surface area contributed by atoms with Gasteiger partial charge in [0.15, 0.2) is 0 Å². The van der Waals surface area contributed by atoms with Gasteiger partial charge in [0.05, 0.1) is 6.42 Å². The molecule has 1 fully saturated rings. The van der Waals surface area contributed by atoms with E-state index >= 15 is 0 Å². The molecule has 0 spiro atoms. The fourth-order valence-corrected chi connectivity index (χ4v) is 2.52. The Morgan fingerprint density at radius 3 is 2.31 bits per heavy atom. The number of hydrazine groups is 1. The van der Waals surface area contributed by atoms with Gasteiger partial charge in [0.2, 0.25) is 11.8 Å². The number of benzene rings is 2. The molecule has 134 valence electrons. The van der Waals surface area contributed by atoms with Crippen molar-refractivity contribution >= 4 is 23.4 Å². The number of rotatable bonds is 5. The molecule has 1 aliphatic carbocycles. The minimum Gasteiger partial charge on any atom is -0.326 e. The van der Waals surface area contributed by atoms with Gasteiger partial charge in [-0.1, -0.05) is 24.3 Å². The van der Waals surface area contributed by atoms with Crippen LogP contribution in [0.1, 0.15) is 34.3 Å². The first-order chi connectivity index (χ1) is 12.5. The summed E-state index contributed by atoms with van der Waals surface area (Å²) in [7, 11) is 0. The first-order valence-corrected chi connectivity index (χ1v) is 8.57. The molecule has 6 heteroatoms. The molecule has 0 bridgehead atoms. The van der Waals surface area contributed by atoms with Gasteiger partial charge in [-0.3, -0.25) is 25.2 Å². The van der Waals surface area contributed by atoms with Crippen LogP contribution in [-0.4, -0.2) is 17.7 Å². The monoisotopic (exact) mass is 351 g/mol. The van der Waals surface area contributed by atoms with Crippen LogP contribution in [0.5, 0.6) is 0 Å². The molecule has 0 unspecified atom stereocenters. The normalized spacial score (nSPS) is 13.0. The van der Waals surface area contributed by atoms with Crippen LogP contribution in [-0.2, 0) is 16.0 Å². The maximum absolute atomic E-state index is 12.1. The number of amides is 3. The van der Waals surface area contributed by atoms with Crippen LogP contribution in [0.3, 0.4) is 0 Å². The molecule has 0 aromatic heterocycles. The van der Waals surface area contributed by atoms with Crippen LogP contribution in [0.2, 0.25) is 0 Å². The zero-order valence-corrected chi connectivity index (χ0v) is 14.5. The predicted molar refractivity (Wildman–Crippen MR) is 98.3 cm³/mol. The van der Waals surface area contributed by atoms with Crippen molar-refractivity contribution in [1.82, 2.24) is 10.9 Å². The minimum absolute atomic E-state index is 0.0191. The lowest BCUT2D eigenvalue weighted by atomic mass is 10.1. The van der Waals surface area contributed by atoms with Crippen LogP contribution in [0.25, 0.3) is 0 Å². The molecule has 0 radical (unpaired) electrons. The lowest BCUT2D eigenvalue weighted by Gasteiger charge is -2.09. The standard InChI is InChI=1S/C20H21N3O3/c1-13-4-2-3-5-16(13)12-18(24)22-23-20(26)15-8-10-17(11-9-15)21-19(25)14-6-7-14/h2-5,8-11,14H,6-7,12H2,1H3,(H,21,25)(H,22,24)(H,23,26). The molecule has 3 rings (SSSR count). The van der Waals surface area contributed by atoms with Crippen molar-refractivity contribution in [2.45, 2.75) is 26.2 Å². The number of anilines is 1. The number of hydrogen-bond donors (Lipinski definition) is 3. The summed E-state index contributed by atoms with van der Waals surface area (Å²) in [5.41, 5.74) is 7.81. The van der Waals surface area contributed by atoms with Crippen molar-refractivity contribution in [3.63, 3.8) is 0 Å². The fourth-order valence-electron chi connectivity index (χ4n) is 2.52. The first-order valence-electron chi connectivity index (χ1n) is 8.57. The van der Waals surface area contributed by atoms with E-state index in [-0.39, 0.29) is 24.2 Å². The summed E-state index contributed by atoms with van der Waals surface area (Å²) >= 11 is 0. The van der Waals surface area contributed by atoms with E-state index in [1.54, 1.807) is 24.3 Å². The van der Waals surface area contributed by atoms with Gasteiger partial charge < -0.3 is 5.32 Å². The minimum atomic E-state index is -0.414. The second-order valence-electron chi connectivity index (χ2n) is 6.45. The summed E-state index contributed by atoms with van der Waals surface area (Å²) in [5, 5.41) is 2.81. The third kappa shape index (κ3) is 4.69. The van der Waals surface area contributed by atoms with Crippen LogP contribution >= 0.6 is 0 Å². The van der Waals surface area contributed by atoms with Crippen LogP contribution in [0.4, 0.5) is 5.69 Å². The van der Waals surface area contributed by atoms with Crippen LogP contribution in [0, 0.1) is 12.8 Å². The summed E-state index contributed by atoms with van der Waals surface area (Å²) in [6, 6.07) is 14.1. The lowest BCUT2D eigenvalue weighted by molar-refractivity contribution is -0.121. The van der Waals surface area contributed by atoms with Crippen molar-refractivity contribution in [3.05, 3.63) is 65.2 Å². The first kappa shape index (κ1) is 17.7. The lowest BCUT2D eigenvalue weighted by Crippen LogP contribution is -2.42. The Labute approximate surface area is 152 Å². The number of nitrogens with one attached hydrogen (secondary N) is 3. The van der Waals surface area contributed by atoms with Gasteiger partial charge in [-0.15, -0.1) is 0 Å². The Kier molecular flexibility index (Phi) is 5.31. The Morgan fingerprint density at radius 1 is 0.962 bits per heavy atom. The SMILES string of the molecule is Cc1ccccc1CC(=O)NNC(=O)c1ccc(NC(=O)C2CC2)cc1. The molecule has 6 nitrogen and oxygen atoms in total. The molecule has 0 atom stereocenters. The van der Waals surface area contributed by atoms with E-state index < -0.39 is 5.91 Å². The molecule has 2 aromatic rings. The Bertz CT molecular complexity index is 826. The summed E-state index contributed by atoms with van der Waals surface area (Å²) < 4.78 is 0. The summed E-state index contributed by atoms with van der Waals surface area (Å²) in [6.45, 7) is 1.94. The fraction of sp³-hybridized carbons (Fsp3) is 0.250. The summed E-state index contributed by atoms with van der Waals surface area (Å²) in [5.74, 6) is -0.559. The van der Waals surface area contributed by atoms with E-state index in [0.717, 1.165) is 24.0 Å². The molecule has 3 N–H and O–H groups in total. The smallest absolute Gasteiger partial charge is 0.269 e. The Hall–Kier alpha value is -3.15. The molecule has 2 aromatic carbocycles. The topological polar surface area (TPSA) is 87.3 Å². The third-order valence-electron chi connectivity index (χ3n) is 4.29. The molecule has 26 heavy (non-hydrogen) atoms. The summed E-state index contributed by atoms with van der Waals surface area (Å²) in [6.07, 6.45) is 2.07. The average Bonchev–Trinajstić information content (AvgIpc) is 3.47. The van der Waals surface area contributed by atoms with E-state index in [1.807, 2.05) is 31.2 Å². The van der Waals surface area contributed by atoms with Crippen LogP contribution < -0.4 is 16.2 Å². The molecule has 1 saturated carbocycles. The Balaban J connectivity index is 1.49. The second-order valence-corrected chi connectivity index (χ2v) is 6.45. The average molecular weight is 351 g/mol. The van der Waals surface area contributed by atoms with Crippen molar-refractivity contribution in [1.29, 1.82) is 0 Å². The maximum Gasteiger partial charge on any atom is 0.269 e. The van der Waals surface area contributed by atoms with E-state index in [0.29, 0.717) is 11.3 Å². The molecular weight excluding hydrogens is 330 g/mol. The van der Waals surface area contributed by atoms with Crippen molar-refractivity contribution in [2.75, 3.05) is 5.32 Å². The number of carbonyl (C=O) groups is 3. The summed E-state index contributed by atoms with van der Waals surface area (Å²) in [4.78, 5) is 35.8. The molecule has 0 heterocycles. The largest absolute Gasteiger partial charge is 0.326 e. The van der Waals surface area contributed by atoms with Crippen molar-refractivity contribution in [3.8, 4) is 0 Å². The van der Waals surface area contributed by atoms with Crippen LogP contribution in [0.15, 0.2) is 48.5 Å². The zero-order valence-electron chi connectivity index (χ0n) is 14.5. The van der Waals surface area contributed by atoms with Gasteiger partial charge >= 0.3 is 0 Å². The van der Waals surface area contributed by atoms with Gasteiger partial charge in [-0.2, -0.15) is 0 Å². The van der Waals surface area contributed by atoms with Gasteiger partial charge in [-0.25, -0.2) is 0 Å².